The molecule has 7 heteroatoms. The van der Waals surface area contributed by atoms with Gasteiger partial charge in [0.25, 0.3) is 11.6 Å². The predicted octanol–water partition coefficient (Wildman–Crippen LogP) is 0.983. The number of aryl methyl sites for hydroxylation is 1. The predicted molar refractivity (Wildman–Crippen MR) is 45.4 cm³/mol. The number of hydrogen-bond acceptors (Lipinski definition) is 5. The molecule has 0 unspecified atom stereocenters. The molecule has 0 aliphatic heterocycles. The second kappa shape index (κ2) is 2.95. The second-order valence-electron chi connectivity index (χ2n) is 2.70. The second-order valence-corrected chi connectivity index (χ2v) is 2.70. The number of hydrogen-bond donors (Lipinski definition) is 0. The highest BCUT2D eigenvalue weighted by atomic mass is 16.6. The zero-order valence-electron chi connectivity index (χ0n) is 7.25. The molecule has 0 spiro atoms. The van der Waals surface area contributed by atoms with Crippen LogP contribution in [-0.4, -0.2) is 19.7 Å². The highest BCUT2D eigenvalue weighted by molar-refractivity contribution is 5.53. The monoisotopic (exact) mass is 194 g/mol. The van der Waals surface area contributed by atoms with E-state index in [-0.39, 0.29) is 11.6 Å². The molecule has 0 radical (unpaired) electrons. The molecular weight excluding hydrogens is 188 g/mol. The lowest BCUT2D eigenvalue weighted by Crippen LogP contribution is -1.89. The van der Waals surface area contributed by atoms with Crippen molar-refractivity contribution in [1.29, 1.82) is 0 Å². The van der Waals surface area contributed by atoms with Crippen molar-refractivity contribution in [1.82, 2.24) is 14.8 Å². The number of nitrogens with zero attached hydrogens (tertiary/aromatic N) is 4. The third kappa shape index (κ3) is 1.24. The van der Waals surface area contributed by atoms with Crippen molar-refractivity contribution in [3.63, 3.8) is 0 Å². The van der Waals surface area contributed by atoms with E-state index in [2.05, 4.69) is 10.2 Å². The van der Waals surface area contributed by atoms with Gasteiger partial charge in [-0.1, -0.05) is 0 Å². The third-order valence-corrected chi connectivity index (χ3v) is 1.78. The summed E-state index contributed by atoms with van der Waals surface area (Å²) in [7, 11) is 1.67. The summed E-state index contributed by atoms with van der Waals surface area (Å²) in [5, 5.41) is 17.6. The molecule has 2 heterocycles. The Morgan fingerprint density at radius 3 is 2.93 bits per heavy atom. The summed E-state index contributed by atoms with van der Waals surface area (Å²) in [6.07, 6.45) is 2.56. The lowest BCUT2D eigenvalue weighted by molar-refractivity contribution is -0.384. The minimum absolute atomic E-state index is 0.000648. The molecular formula is C7H6N4O3. The molecule has 0 aromatic carbocycles. The summed E-state index contributed by atoms with van der Waals surface area (Å²) < 4.78 is 6.49. The van der Waals surface area contributed by atoms with Gasteiger partial charge in [0.2, 0.25) is 6.39 Å². The quantitative estimate of drug-likeness (QED) is 0.525. The van der Waals surface area contributed by atoms with Crippen LogP contribution in [0.3, 0.4) is 0 Å². The molecule has 72 valence electrons. The Labute approximate surface area is 78.1 Å². The van der Waals surface area contributed by atoms with Crippen LogP contribution in [0.1, 0.15) is 0 Å². The van der Waals surface area contributed by atoms with Crippen LogP contribution in [0.25, 0.3) is 11.6 Å². The van der Waals surface area contributed by atoms with Crippen LogP contribution in [-0.2, 0) is 7.05 Å². The summed E-state index contributed by atoms with van der Waals surface area (Å²) >= 11 is 0. The smallest absolute Gasteiger partial charge is 0.287 e. The fraction of sp³-hybridized carbons (Fsp3) is 0.143. The van der Waals surface area contributed by atoms with Crippen LogP contribution in [0.5, 0.6) is 0 Å². The number of aromatic nitrogens is 3. The van der Waals surface area contributed by atoms with Crippen molar-refractivity contribution in [2.45, 2.75) is 0 Å². The molecule has 0 aliphatic carbocycles. The first-order valence-corrected chi connectivity index (χ1v) is 3.76. The van der Waals surface area contributed by atoms with Crippen LogP contribution >= 0.6 is 0 Å². The van der Waals surface area contributed by atoms with Crippen LogP contribution in [0, 0.1) is 10.1 Å². The van der Waals surface area contributed by atoms with Gasteiger partial charge in [-0.05, 0) is 0 Å². The van der Waals surface area contributed by atoms with Crippen LogP contribution in [0.15, 0.2) is 23.1 Å². The van der Waals surface area contributed by atoms with Crippen molar-refractivity contribution < 1.29 is 9.34 Å². The average Bonchev–Trinajstić information content (AvgIpc) is 2.71. The number of nitro groups is 1. The molecule has 14 heavy (non-hydrogen) atoms. The van der Waals surface area contributed by atoms with Crippen molar-refractivity contribution in [3.05, 3.63) is 28.8 Å². The van der Waals surface area contributed by atoms with E-state index in [1.807, 2.05) is 0 Å². The first kappa shape index (κ1) is 8.42. The van der Waals surface area contributed by atoms with E-state index >= 15 is 0 Å². The maximum atomic E-state index is 10.5. The molecule has 0 aliphatic rings. The van der Waals surface area contributed by atoms with Gasteiger partial charge in [-0.15, -0.1) is 10.2 Å². The molecule has 2 aromatic heterocycles. The normalized spacial score (nSPS) is 10.4. The van der Waals surface area contributed by atoms with Gasteiger partial charge in [0.05, 0.1) is 11.1 Å². The van der Waals surface area contributed by atoms with E-state index in [9.17, 15) is 10.1 Å². The summed E-state index contributed by atoms with van der Waals surface area (Å²) in [5.41, 5.74) is 0.523. The fourth-order valence-electron chi connectivity index (χ4n) is 1.14. The maximum Gasteiger partial charge on any atom is 0.287 e. The van der Waals surface area contributed by atoms with Gasteiger partial charge >= 0.3 is 0 Å². The standard InChI is InChI=1S/C7H6N4O3/c1-10-3-5(11(12)13)2-6(10)7-9-8-4-14-7/h2-4H,1H3. The van der Waals surface area contributed by atoms with E-state index in [0.717, 1.165) is 0 Å². The highest BCUT2D eigenvalue weighted by Crippen LogP contribution is 2.23. The van der Waals surface area contributed by atoms with Gasteiger partial charge in [0.15, 0.2) is 0 Å². The van der Waals surface area contributed by atoms with Gasteiger partial charge in [0.1, 0.15) is 5.69 Å². The van der Waals surface area contributed by atoms with Crippen LogP contribution in [0.2, 0.25) is 0 Å². The molecule has 0 N–H and O–H groups in total. The minimum Gasteiger partial charge on any atom is -0.422 e. The van der Waals surface area contributed by atoms with Gasteiger partial charge in [-0.3, -0.25) is 10.1 Å². The molecule has 7 nitrogen and oxygen atoms in total. The zero-order valence-corrected chi connectivity index (χ0v) is 7.25. The van der Waals surface area contributed by atoms with Crippen LogP contribution < -0.4 is 0 Å². The first-order chi connectivity index (χ1) is 6.68. The Morgan fingerprint density at radius 2 is 2.43 bits per heavy atom. The van der Waals surface area contributed by atoms with E-state index in [0.29, 0.717) is 5.69 Å². The zero-order chi connectivity index (χ0) is 10.1. The topological polar surface area (TPSA) is 87.0 Å². The Bertz CT molecular complexity index is 459. The Morgan fingerprint density at radius 1 is 1.64 bits per heavy atom. The fourth-order valence-corrected chi connectivity index (χ4v) is 1.14. The molecule has 0 atom stereocenters. The molecule has 0 saturated heterocycles. The molecule has 0 saturated carbocycles. The highest BCUT2D eigenvalue weighted by Gasteiger charge is 2.15. The minimum atomic E-state index is -0.472. The van der Waals surface area contributed by atoms with Gasteiger partial charge < -0.3 is 8.98 Å². The summed E-state index contributed by atoms with van der Waals surface area (Å²) in [6.45, 7) is 0. The van der Waals surface area contributed by atoms with Crippen molar-refractivity contribution >= 4 is 5.69 Å². The van der Waals surface area contributed by atoms with Crippen molar-refractivity contribution in [2.75, 3.05) is 0 Å². The number of rotatable bonds is 2. The van der Waals surface area contributed by atoms with Crippen molar-refractivity contribution in [2.24, 2.45) is 7.05 Å². The summed E-state index contributed by atoms with van der Waals surface area (Å²) in [5.74, 6) is 0.264. The Kier molecular flexibility index (Phi) is 1.77. The van der Waals surface area contributed by atoms with E-state index in [1.54, 1.807) is 11.6 Å². The molecule has 2 rings (SSSR count). The largest absolute Gasteiger partial charge is 0.422 e. The molecule has 0 amide bonds. The Balaban J connectivity index is 2.50. The van der Waals surface area contributed by atoms with E-state index in [1.165, 1.54) is 18.7 Å². The molecule has 2 aromatic rings. The SMILES string of the molecule is Cn1cc([N+](=O)[O-])cc1-c1nnco1. The molecule has 0 fully saturated rings. The van der Waals surface area contributed by atoms with Gasteiger partial charge in [0, 0.05) is 13.1 Å². The van der Waals surface area contributed by atoms with E-state index < -0.39 is 4.92 Å². The Hall–Kier alpha value is -2.18. The van der Waals surface area contributed by atoms with Crippen LogP contribution in [0.4, 0.5) is 5.69 Å². The lowest BCUT2D eigenvalue weighted by Gasteiger charge is -1.93. The first-order valence-electron chi connectivity index (χ1n) is 3.76. The maximum absolute atomic E-state index is 10.5. The lowest BCUT2D eigenvalue weighted by atomic mass is 10.4. The van der Waals surface area contributed by atoms with E-state index in [4.69, 9.17) is 4.42 Å². The molecule has 0 bridgehead atoms. The summed E-state index contributed by atoms with van der Waals surface area (Å²) in [6, 6.07) is 1.38. The third-order valence-electron chi connectivity index (χ3n) is 1.78. The summed E-state index contributed by atoms with van der Waals surface area (Å²) in [4.78, 5) is 9.99. The van der Waals surface area contributed by atoms with Gasteiger partial charge in [-0.25, -0.2) is 0 Å². The van der Waals surface area contributed by atoms with Crippen molar-refractivity contribution in [3.8, 4) is 11.6 Å². The van der Waals surface area contributed by atoms with Gasteiger partial charge in [-0.2, -0.15) is 0 Å². The average molecular weight is 194 g/mol.